The van der Waals surface area contributed by atoms with Gasteiger partial charge in [-0.2, -0.15) is 5.26 Å². The van der Waals surface area contributed by atoms with Gasteiger partial charge in [0.2, 0.25) is 5.91 Å². The van der Waals surface area contributed by atoms with E-state index in [4.69, 9.17) is 0 Å². The van der Waals surface area contributed by atoms with E-state index in [1.807, 2.05) is 34.0 Å². The van der Waals surface area contributed by atoms with Crippen LogP contribution in [0.5, 0.6) is 0 Å². The van der Waals surface area contributed by atoms with Gasteiger partial charge in [0.1, 0.15) is 11.9 Å². The van der Waals surface area contributed by atoms with Crippen molar-refractivity contribution in [3.63, 3.8) is 0 Å². The lowest BCUT2D eigenvalue weighted by Crippen LogP contribution is -2.69. The summed E-state index contributed by atoms with van der Waals surface area (Å²) in [5, 5.41) is 9.91. The van der Waals surface area contributed by atoms with Gasteiger partial charge in [0.05, 0.1) is 11.0 Å². The largest absolute Gasteiger partial charge is 0.348 e. The normalized spacial score (nSPS) is 46.9. The summed E-state index contributed by atoms with van der Waals surface area (Å²) >= 11 is 0. The molecule has 5 heteroatoms. The van der Waals surface area contributed by atoms with Gasteiger partial charge >= 0.3 is 0 Å². The number of hydrogen-bond donors (Lipinski definition) is 0. The Morgan fingerprint density at radius 1 is 0.921 bits per heavy atom. The number of carbonyl (C=O) groups excluding carboxylic acids is 3. The Labute approximate surface area is 229 Å². The Balaban J connectivity index is 1.65. The van der Waals surface area contributed by atoms with Gasteiger partial charge in [-0.05, 0) is 84.4 Å². The van der Waals surface area contributed by atoms with Crippen molar-refractivity contribution in [2.45, 2.75) is 99.8 Å². The third-order valence-corrected chi connectivity index (χ3v) is 13.3. The van der Waals surface area contributed by atoms with Crippen molar-refractivity contribution in [3.05, 3.63) is 11.6 Å². The molecule has 0 aliphatic heterocycles. The lowest BCUT2D eigenvalue weighted by Gasteiger charge is -2.71. The smallest absolute Gasteiger partial charge is 0.228 e. The fourth-order valence-corrected chi connectivity index (χ4v) is 11.1. The fraction of sp³-hybridized carbons (Fsp3) is 0.818. The van der Waals surface area contributed by atoms with Crippen molar-refractivity contribution in [2.24, 2.45) is 56.2 Å². The minimum Gasteiger partial charge on any atom is -0.348 e. The number of allylic oxidation sites excluding steroid dienone is 2. The molecule has 208 valence electrons. The second-order valence-electron chi connectivity index (χ2n) is 16.0. The van der Waals surface area contributed by atoms with E-state index in [1.165, 1.54) is 0 Å². The van der Waals surface area contributed by atoms with Crippen molar-refractivity contribution >= 4 is 17.5 Å². The predicted molar refractivity (Wildman–Crippen MR) is 148 cm³/mol. The molecule has 0 aromatic rings. The topological polar surface area (TPSA) is 78.2 Å². The van der Waals surface area contributed by atoms with Crippen LogP contribution in [0.4, 0.5) is 0 Å². The van der Waals surface area contributed by atoms with E-state index >= 15 is 0 Å². The molecule has 0 aromatic carbocycles. The van der Waals surface area contributed by atoms with Crippen molar-refractivity contribution in [2.75, 3.05) is 14.1 Å². The van der Waals surface area contributed by atoms with Crippen molar-refractivity contribution < 1.29 is 14.4 Å². The first-order valence-electron chi connectivity index (χ1n) is 14.8. The Kier molecular flexibility index (Phi) is 5.84. The number of rotatable bonds is 1. The summed E-state index contributed by atoms with van der Waals surface area (Å²) in [7, 11) is 3.74. The first-order chi connectivity index (χ1) is 17.4. The maximum atomic E-state index is 14.5. The average Bonchev–Trinajstić information content (AvgIpc) is 2.82. The zero-order valence-corrected chi connectivity index (χ0v) is 25.2. The van der Waals surface area contributed by atoms with Crippen LogP contribution in [0.15, 0.2) is 11.6 Å². The van der Waals surface area contributed by atoms with Gasteiger partial charge in [-0.3, -0.25) is 14.4 Å². The number of hydrogen-bond acceptors (Lipinski definition) is 4. The molecule has 5 nitrogen and oxygen atoms in total. The van der Waals surface area contributed by atoms with Gasteiger partial charge in [0, 0.05) is 31.8 Å². The van der Waals surface area contributed by atoms with Crippen LogP contribution in [-0.2, 0) is 14.4 Å². The van der Waals surface area contributed by atoms with Crippen molar-refractivity contribution in [1.29, 1.82) is 5.26 Å². The SMILES string of the molecule is CN(C)C(=O)[C@]12CCC(C)(C)C[C@H]1[C@H]1C(=O)C[C@@H]3[C@@]4(C)C=C(C#N)C(=O)C(C)(C)[C@@H]4CC[C@@]3(C)[C@]1(C)CC2. The van der Waals surface area contributed by atoms with E-state index < -0.39 is 10.8 Å². The summed E-state index contributed by atoms with van der Waals surface area (Å²) in [6.07, 6.45) is 8.88. The summed E-state index contributed by atoms with van der Waals surface area (Å²) < 4.78 is 0. The summed E-state index contributed by atoms with van der Waals surface area (Å²) in [4.78, 5) is 43.4. The van der Waals surface area contributed by atoms with Crippen LogP contribution in [0, 0.1) is 67.5 Å². The fourth-order valence-electron chi connectivity index (χ4n) is 11.1. The monoisotopic (exact) mass is 520 g/mol. The van der Waals surface area contributed by atoms with E-state index in [0.29, 0.717) is 12.2 Å². The number of ketones is 2. The highest BCUT2D eigenvalue weighted by Crippen LogP contribution is 2.75. The lowest BCUT2D eigenvalue weighted by atomic mass is 9.31. The minimum atomic E-state index is -0.621. The van der Waals surface area contributed by atoms with Gasteiger partial charge in [0.15, 0.2) is 5.78 Å². The minimum absolute atomic E-state index is 0.0496. The molecule has 0 saturated heterocycles. The van der Waals surface area contributed by atoms with Gasteiger partial charge in [0.25, 0.3) is 0 Å². The van der Waals surface area contributed by atoms with Crippen LogP contribution < -0.4 is 0 Å². The van der Waals surface area contributed by atoms with Crippen LogP contribution in [-0.4, -0.2) is 36.5 Å². The summed E-state index contributed by atoms with van der Waals surface area (Å²) in [6, 6.07) is 2.21. The molecule has 5 aliphatic rings. The quantitative estimate of drug-likeness (QED) is 0.402. The number of Topliss-reactive ketones (excluding diaryl/α,β-unsaturated/α-hetero) is 2. The summed E-state index contributed by atoms with van der Waals surface area (Å²) in [5.41, 5.74) is -1.41. The second kappa shape index (κ2) is 8.05. The molecule has 0 bridgehead atoms. The van der Waals surface area contributed by atoms with Crippen molar-refractivity contribution in [1.82, 2.24) is 4.90 Å². The number of fused-ring (bicyclic) bond motifs is 7. The number of nitrogens with zero attached hydrogens (tertiary/aromatic N) is 2. The summed E-state index contributed by atoms with van der Waals surface area (Å²) in [5.74, 6) is 0.598. The molecule has 0 aromatic heterocycles. The Morgan fingerprint density at radius 2 is 1.55 bits per heavy atom. The maximum absolute atomic E-state index is 14.5. The molecule has 0 spiro atoms. The molecule has 0 heterocycles. The van der Waals surface area contributed by atoms with Gasteiger partial charge in [-0.1, -0.05) is 54.5 Å². The van der Waals surface area contributed by atoms with Crippen LogP contribution in [0.3, 0.4) is 0 Å². The van der Waals surface area contributed by atoms with E-state index in [0.717, 1.165) is 44.9 Å². The van der Waals surface area contributed by atoms with Gasteiger partial charge < -0.3 is 4.90 Å². The molecule has 0 radical (unpaired) electrons. The molecular formula is C33H48N2O3. The Bertz CT molecular complexity index is 1170. The Hall–Kier alpha value is -1.96. The van der Waals surface area contributed by atoms with Gasteiger partial charge in [-0.25, -0.2) is 0 Å². The molecule has 5 rings (SSSR count). The second-order valence-corrected chi connectivity index (χ2v) is 16.0. The molecule has 8 atom stereocenters. The van der Waals surface area contributed by atoms with E-state index in [-0.39, 0.29) is 62.6 Å². The number of carbonyl (C=O) groups is 3. The highest BCUT2D eigenvalue weighted by Gasteiger charge is 2.73. The van der Waals surface area contributed by atoms with E-state index in [2.05, 4.69) is 40.7 Å². The van der Waals surface area contributed by atoms with Crippen LogP contribution >= 0.6 is 0 Å². The number of amides is 1. The summed E-state index contributed by atoms with van der Waals surface area (Å²) in [6.45, 7) is 15.6. The molecule has 5 aliphatic carbocycles. The van der Waals surface area contributed by atoms with Crippen LogP contribution in [0.25, 0.3) is 0 Å². The first-order valence-corrected chi connectivity index (χ1v) is 14.8. The molecule has 4 fully saturated rings. The van der Waals surface area contributed by atoms with E-state index in [1.54, 1.807) is 4.90 Å². The third-order valence-electron chi connectivity index (χ3n) is 13.3. The molecular weight excluding hydrogens is 472 g/mol. The highest BCUT2D eigenvalue weighted by atomic mass is 16.2. The zero-order chi connectivity index (χ0) is 28.3. The standard InChI is InChI=1S/C33H48N2O3/c1-28(2)12-14-33(27(38)35(8)9)15-13-32(7)25(21(33)18-28)22(36)16-24-30(5)17-20(19-34)26(37)29(3,4)23(30)10-11-31(24,32)6/h17,21,23-25H,10-16,18H2,1-9H3/t21-,23-,24+,25-,30-,31+,32+,33-/m0/s1. The van der Waals surface area contributed by atoms with Crippen LogP contribution in [0.1, 0.15) is 99.8 Å². The molecule has 38 heavy (non-hydrogen) atoms. The average molecular weight is 521 g/mol. The zero-order valence-electron chi connectivity index (χ0n) is 25.2. The molecule has 0 N–H and O–H groups in total. The van der Waals surface area contributed by atoms with E-state index in [9.17, 15) is 19.6 Å². The predicted octanol–water partition coefficient (Wildman–Crippen LogP) is 6.37. The van der Waals surface area contributed by atoms with Crippen molar-refractivity contribution in [3.8, 4) is 6.07 Å². The van der Waals surface area contributed by atoms with Crippen LogP contribution in [0.2, 0.25) is 0 Å². The number of nitriles is 1. The molecule has 0 unspecified atom stereocenters. The first kappa shape index (κ1) is 27.6. The van der Waals surface area contributed by atoms with Gasteiger partial charge in [-0.15, -0.1) is 0 Å². The highest BCUT2D eigenvalue weighted by molar-refractivity contribution is 6.04. The third kappa shape index (κ3) is 3.24. The lowest BCUT2D eigenvalue weighted by molar-refractivity contribution is -0.223. The molecule has 4 saturated carbocycles. The Morgan fingerprint density at radius 3 is 2.16 bits per heavy atom. The molecule has 1 amide bonds. The maximum Gasteiger partial charge on any atom is 0.228 e.